The van der Waals surface area contributed by atoms with Gasteiger partial charge in [0.05, 0.1) is 0 Å². The lowest BCUT2D eigenvalue weighted by atomic mass is 9.89. The van der Waals surface area contributed by atoms with Crippen LogP contribution in [0.25, 0.3) is 0 Å². The molecule has 3 heteroatoms. The van der Waals surface area contributed by atoms with Crippen molar-refractivity contribution in [3.63, 3.8) is 0 Å². The Morgan fingerprint density at radius 2 is 2.05 bits per heavy atom. The maximum absolute atomic E-state index is 3.76. The predicted octanol–water partition coefficient (Wildman–Crippen LogP) is 3.88. The molecule has 1 aromatic rings. The summed E-state index contributed by atoms with van der Waals surface area (Å²) in [6.45, 7) is 7.06. The number of nitrogens with one attached hydrogen (secondary N) is 1. The van der Waals surface area contributed by atoms with E-state index in [4.69, 9.17) is 0 Å². The van der Waals surface area contributed by atoms with Crippen LogP contribution in [0.2, 0.25) is 0 Å². The van der Waals surface area contributed by atoms with E-state index in [2.05, 4.69) is 41.6 Å². The number of rotatable bonds is 6. The molecule has 2 bridgehead atoms. The van der Waals surface area contributed by atoms with Crippen LogP contribution in [-0.4, -0.2) is 29.6 Å². The van der Waals surface area contributed by atoms with Gasteiger partial charge in [0.1, 0.15) is 0 Å². The highest BCUT2D eigenvalue weighted by molar-refractivity contribution is 7.09. The lowest BCUT2D eigenvalue weighted by Gasteiger charge is -2.32. The minimum atomic E-state index is 0.649. The molecule has 0 aromatic carbocycles. The standard InChI is InChI=1S/C17H28N2S/c1-13(2)19(12-17-4-3-9-20-17)8-7-14-10-15-5-6-16(11-14)18-15/h3-4,9,13-16,18H,5-8,10-12H2,1-2H3. The fourth-order valence-electron chi connectivity index (χ4n) is 3.88. The van der Waals surface area contributed by atoms with Crippen LogP contribution < -0.4 is 5.32 Å². The zero-order chi connectivity index (χ0) is 13.9. The fourth-order valence-corrected chi connectivity index (χ4v) is 4.61. The second-order valence-corrected chi connectivity index (χ2v) is 7.94. The normalized spacial score (nSPS) is 29.5. The maximum Gasteiger partial charge on any atom is 0.0330 e. The molecule has 2 atom stereocenters. The Balaban J connectivity index is 1.49. The first-order valence-corrected chi connectivity index (χ1v) is 9.11. The van der Waals surface area contributed by atoms with Gasteiger partial charge in [-0.15, -0.1) is 11.3 Å². The Morgan fingerprint density at radius 3 is 2.65 bits per heavy atom. The van der Waals surface area contributed by atoms with E-state index in [-0.39, 0.29) is 0 Å². The molecule has 3 rings (SSSR count). The van der Waals surface area contributed by atoms with E-state index in [1.807, 2.05) is 11.3 Å². The number of nitrogens with zero attached hydrogens (tertiary/aromatic N) is 1. The van der Waals surface area contributed by atoms with E-state index < -0.39 is 0 Å². The van der Waals surface area contributed by atoms with E-state index in [9.17, 15) is 0 Å². The van der Waals surface area contributed by atoms with E-state index >= 15 is 0 Å². The van der Waals surface area contributed by atoms with Crippen molar-refractivity contribution in [2.45, 2.75) is 70.6 Å². The molecule has 0 spiro atoms. The molecule has 20 heavy (non-hydrogen) atoms. The monoisotopic (exact) mass is 292 g/mol. The average molecular weight is 292 g/mol. The topological polar surface area (TPSA) is 15.3 Å². The second kappa shape index (κ2) is 6.59. The summed E-state index contributed by atoms with van der Waals surface area (Å²) in [6, 6.07) is 6.76. The third-order valence-electron chi connectivity index (χ3n) is 5.06. The number of piperidine rings is 1. The molecular formula is C17H28N2S. The molecule has 1 aromatic heterocycles. The van der Waals surface area contributed by atoms with Crippen molar-refractivity contribution < 1.29 is 0 Å². The molecule has 1 N–H and O–H groups in total. The second-order valence-electron chi connectivity index (χ2n) is 6.91. The van der Waals surface area contributed by atoms with Crippen molar-refractivity contribution in [3.05, 3.63) is 22.4 Å². The van der Waals surface area contributed by atoms with Crippen LogP contribution in [0.3, 0.4) is 0 Å². The summed E-state index contributed by atoms with van der Waals surface area (Å²) in [4.78, 5) is 4.15. The molecule has 112 valence electrons. The predicted molar refractivity (Wildman–Crippen MR) is 87.2 cm³/mol. The Bertz CT molecular complexity index is 389. The van der Waals surface area contributed by atoms with Gasteiger partial charge in [-0.05, 0) is 69.9 Å². The van der Waals surface area contributed by atoms with Gasteiger partial charge in [-0.25, -0.2) is 0 Å². The number of thiophene rings is 1. The molecule has 0 amide bonds. The third-order valence-corrected chi connectivity index (χ3v) is 5.93. The highest BCUT2D eigenvalue weighted by atomic mass is 32.1. The van der Waals surface area contributed by atoms with Crippen LogP contribution in [0.1, 0.15) is 50.8 Å². The summed E-state index contributed by atoms with van der Waals surface area (Å²) in [5, 5.41) is 5.95. The minimum absolute atomic E-state index is 0.649. The van der Waals surface area contributed by atoms with E-state index in [0.29, 0.717) is 6.04 Å². The highest BCUT2D eigenvalue weighted by Gasteiger charge is 2.33. The lowest BCUT2D eigenvalue weighted by Crippen LogP contribution is -2.39. The zero-order valence-corrected chi connectivity index (χ0v) is 13.7. The van der Waals surface area contributed by atoms with Crippen LogP contribution in [-0.2, 0) is 6.54 Å². The number of hydrogen-bond acceptors (Lipinski definition) is 3. The maximum atomic E-state index is 3.76. The molecule has 0 saturated carbocycles. The van der Waals surface area contributed by atoms with Gasteiger partial charge in [0.25, 0.3) is 0 Å². The SMILES string of the molecule is CC(C)N(CCC1CC2CCC(C1)N2)Cc1cccs1. The number of fused-ring (bicyclic) bond motifs is 2. The van der Waals surface area contributed by atoms with E-state index in [1.54, 1.807) is 0 Å². The summed E-state index contributed by atoms with van der Waals surface area (Å²) < 4.78 is 0. The van der Waals surface area contributed by atoms with Gasteiger partial charge in [0, 0.05) is 29.5 Å². The number of hydrogen-bond donors (Lipinski definition) is 1. The molecule has 0 radical (unpaired) electrons. The van der Waals surface area contributed by atoms with Crippen LogP contribution in [0.4, 0.5) is 0 Å². The van der Waals surface area contributed by atoms with Crippen LogP contribution in [0.5, 0.6) is 0 Å². The van der Waals surface area contributed by atoms with Gasteiger partial charge in [0.2, 0.25) is 0 Å². The average Bonchev–Trinajstić information content (AvgIpc) is 3.04. The molecule has 2 saturated heterocycles. The molecule has 2 nitrogen and oxygen atoms in total. The molecule has 3 heterocycles. The Labute approximate surface area is 127 Å². The summed E-state index contributed by atoms with van der Waals surface area (Å²) in [5.41, 5.74) is 0. The fraction of sp³-hybridized carbons (Fsp3) is 0.765. The van der Waals surface area contributed by atoms with Crippen molar-refractivity contribution in [1.82, 2.24) is 10.2 Å². The van der Waals surface area contributed by atoms with Crippen molar-refractivity contribution in [3.8, 4) is 0 Å². The van der Waals surface area contributed by atoms with Gasteiger partial charge in [-0.3, -0.25) is 4.90 Å². The first-order chi connectivity index (χ1) is 9.70. The van der Waals surface area contributed by atoms with Crippen molar-refractivity contribution in [1.29, 1.82) is 0 Å². The van der Waals surface area contributed by atoms with Crippen molar-refractivity contribution in [2.24, 2.45) is 5.92 Å². The smallest absolute Gasteiger partial charge is 0.0330 e. The van der Waals surface area contributed by atoms with Crippen LogP contribution in [0.15, 0.2) is 17.5 Å². The lowest BCUT2D eigenvalue weighted by molar-refractivity contribution is 0.181. The van der Waals surface area contributed by atoms with Crippen LogP contribution in [0, 0.1) is 5.92 Å². The first-order valence-electron chi connectivity index (χ1n) is 8.23. The molecule has 2 aliphatic heterocycles. The van der Waals surface area contributed by atoms with Gasteiger partial charge in [-0.1, -0.05) is 6.07 Å². The van der Waals surface area contributed by atoms with Gasteiger partial charge in [0.15, 0.2) is 0 Å². The Kier molecular flexibility index (Phi) is 4.79. The third kappa shape index (κ3) is 3.63. The molecule has 2 aliphatic rings. The first kappa shape index (κ1) is 14.6. The quantitative estimate of drug-likeness (QED) is 0.856. The van der Waals surface area contributed by atoms with E-state index in [1.165, 1.54) is 43.5 Å². The van der Waals surface area contributed by atoms with Gasteiger partial charge in [-0.2, -0.15) is 0 Å². The summed E-state index contributed by atoms with van der Waals surface area (Å²) >= 11 is 1.89. The molecular weight excluding hydrogens is 264 g/mol. The zero-order valence-electron chi connectivity index (χ0n) is 12.8. The van der Waals surface area contributed by atoms with Crippen molar-refractivity contribution >= 4 is 11.3 Å². The minimum Gasteiger partial charge on any atom is -0.311 e. The van der Waals surface area contributed by atoms with Gasteiger partial charge < -0.3 is 5.32 Å². The molecule has 0 aliphatic carbocycles. The van der Waals surface area contributed by atoms with Crippen LogP contribution >= 0.6 is 11.3 Å². The molecule has 2 fully saturated rings. The summed E-state index contributed by atoms with van der Waals surface area (Å²) in [6.07, 6.45) is 7.07. The largest absolute Gasteiger partial charge is 0.311 e. The van der Waals surface area contributed by atoms with Gasteiger partial charge >= 0.3 is 0 Å². The van der Waals surface area contributed by atoms with Crippen molar-refractivity contribution in [2.75, 3.05) is 6.54 Å². The summed E-state index contributed by atoms with van der Waals surface area (Å²) in [7, 11) is 0. The molecule has 2 unspecified atom stereocenters. The summed E-state index contributed by atoms with van der Waals surface area (Å²) in [5.74, 6) is 0.957. The Morgan fingerprint density at radius 1 is 1.30 bits per heavy atom. The highest BCUT2D eigenvalue weighted by Crippen LogP contribution is 2.33. The Hall–Kier alpha value is -0.380. The van der Waals surface area contributed by atoms with E-state index in [0.717, 1.165) is 24.5 Å².